The maximum absolute atomic E-state index is 12.1. The van der Waals surface area contributed by atoms with Gasteiger partial charge in [0.2, 0.25) is 5.88 Å². The van der Waals surface area contributed by atoms with Crippen LogP contribution >= 0.6 is 0 Å². The lowest BCUT2D eigenvalue weighted by molar-refractivity contribution is -0.0538. The molecule has 1 aromatic heterocycles. The van der Waals surface area contributed by atoms with Gasteiger partial charge in [-0.1, -0.05) is 13.8 Å². The fourth-order valence-electron chi connectivity index (χ4n) is 1.37. The maximum Gasteiger partial charge on any atom is 0.388 e. The standard InChI is InChI=1S/C10H16F2N2O/c1-4-14-6-8(5-7(2)3)9(13-14)15-10(11)12/h6-7,10H,4-5H2,1-3H3. The molecule has 0 aliphatic rings. The van der Waals surface area contributed by atoms with Gasteiger partial charge in [0, 0.05) is 18.3 Å². The summed E-state index contributed by atoms with van der Waals surface area (Å²) < 4.78 is 30.1. The molecule has 0 saturated heterocycles. The van der Waals surface area contributed by atoms with Crippen LogP contribution in [0.2, 0.25) is 0 Å². The first kappa shape index (κ1) is 11.9. The minimum Gasteiger partial charge on any atom is -0.415 e. The van der Waals surface area contributed by atoms with Gasteiger partial charge in [-0.25, -0.2) is 0 Å². The summed E-state index contributed by atoms with van der Waals surface area (Å²) in [5.41, 5.74) is 0.743. The fourth-order valence-corrected chi connectivity index (χ4v) is 1.37. The average molecular weight is 218 g/mol. The van der Waals surface area contributed by atoms with E-state index in [1.165, 1.54) is 0 Å². The molecule has 0 aromatic carbocycles. The molecule has 0 saturated carbocycles. The van der Waals surface area contributed by atoms with Crippen molar-refractivity contribution in [2.45, 2.75) is 40.3 Å². The van der Waals surface area contributed by atoms with E-state index in [1.807, 2.05) is 20.8 Å². The van der Waals surface area contributed by atoms with Crippen molar-refractivity contribution in [2.75, 3.05) is 0 Å². The third-order valence-corrected chi connectivity index (χ3v) is 1.95. The Labute approximate surface area is 88.0 Å². The molecular formula is C10H16F2N2O. The molecule has 1 aromatic rings. The molecule has 0 radical (unpaired) electrons. The molecule has 0 fully saturated rings. The Morgan fingerprint density at radius 3 is 2.60 bits per heavy atom. The normalized spacial score (nSPS) is 11.4. The van der Waals surface area contributed by atoms with Crippen LogP contribution in [0.5, 0.6) is 5.88 Å². The predicted molar refractivity (Wildman–Crippen MR) is 53.1 cm³/mol. The molecule has 15 heavy (non-hydrogen) atoms. The lowest BCUT2D eigenvalue weighted by Crippen LogP contribution is -2.05. The first-order valence-corrected chi connectivity index (χ1v) is 5.04. The highest BCUT2D eigenvalue weighted by atomic mass is 19.3. The van der Waals surface area contributed by atoms with Gasteiger partial charge >= 0.3 is 6.61 Å². The molecular weight excluding hydrogens is 202 g/mol. The van der Waals surface area contributed by atoms with Crippen molar-refractivity contribution in [3.05, 3.63) is 11.8 Å². The molecule has 5 heteroatoms. The topological polar surface area (TPSA) is 27.1 Å². The van der Waals surface area contributed by atoms with E-state index in [-0.39, 0.29) is 5.88 Å². The predicted octanol–water partition coefficient (Wildman–Crippen LogP) is 2.70. The van der Waals surface area contributed by atoms with Crippen LogP contribution in [0.25, 0.3) is 0 Å². The third-order valence-electron chi connectivity index (χ3n) is 1.95. The number of alkyl halides is 2. The molecule has 86 valence electrons. The first-order chi connectivity index (χ1) is 7.02. The number of ether oxygens (including phenoxy) is 1. The van der Waals surface area contributed by atoms with Gasteiger partial charge in [-0.2, -0.15) is 8.78 Å². The Balaban J connectivity index is 2.85. The number of hydrogen-bond donors (Lipinski definition) is 0. The van der Waals surface area contributed by atoms with E-state index in [0.717, 1.165) is 5.56 Å². The van der Waals surface area contributed by atoms with Crippen molar-refractivity contribution in [1.29, 1.82) is 0 Å². The van der Waals surface area contributed by atoms with Crippen LogP contribution in [0, 0.1) is 5.92 Å². The molecule has 1 rings (SSSR count). The van der Waals surface area contributed by atoms with Gasteiger partial charge in [-0.3, -0.25) is 4.68 Å². The molecule has 1 heterocycles. The number of rotatable bonds is 5. The van der Waals surface area contributed by atoms with E-state index in [0.29, 0.717) is 18.9 Å². The van der Waals surface area contributed by atoms with Crippen molar-refractivity contribution in [1.82, 2.24) is 9.78 Å². The van der Waals surface area contributed by atoms with Crippen molar-refractivity contribution in [2.24, 2.45) is 5.92 Å². The minimum absolute atomic E-state index is 0.0561. The summed E-state index contributed by atoms with van der Waals surface area (Å²) in [5.74, 6) is 0.445. The van der Waals surface area contributed by atoms with Crippen LogP contribution in [0.15, 0.2) is 6.20 Å². The van der Waals surface area contributed by atoms with Crippen LogP contribution in [-0.2, 0) is 13.0 Å². The number of aromatic nitrogens is 2. The Kier molecular flexibility index (Phi) is 4.05. The van der Waals surface area contributed by atoms with Gasteiger partial charge in [0.15, 0.2) is 0 Å². The van der Waals surface area contributed by atoms with Crippen LogP contribution in [0.4, 0.5) is 8.78 Å². The Morgan fingerprint density at radius 1 is 1.47 bits per heavy atom. The minimum atomic E-state index is -2.81. The van der Waals surface area contributed by atoms with Gasteiger partial charge < -0.3 is 4.74 Å². The smallest absolute Gasteiger partial charge is 0.388 e. The zero-order valence-corrected chi connectivity index (χ0v) is 9.20. The Bertz CT molecular complexity index is 283. The fraction of sp³-hybridized carbons (Fsp3) is 0.700. The van der Waals surface area contributed by atoms with Gasteiger partial charge in [0.25, 0.3) is 0 Å². The van der Waals surface area contributed by atoms with Crippen LogP contribution < -0.4 is 4.74 Å². The summed E-state index contributed by atoms with van der Waals surface area (Å²) in [5, 5.41) is 3.94. The summed E-state index contributed by atoms with van der Waals surface area (Å²) in [6.45, 7) is 3.79. The molecule has 0 aliphatic carbocycles. The van der Waals surface area contributed by atoms with Crippen LogP contribution in [-0.4, -0.2) is 16.4 Å². The summed E-state index contributed by atoms with van der Waals surface area (Å²) in [6, 6.07) is 0. The van der Waals surface area contributed by atoms with E-state index in [2.05, 4.69) is 9.84 Å². The molecule has 0 atom stereocenters. The summed E-state index contributed by atoms with van der Waals surface area (Å²) in [6.07, 6.45) is 2.46. The van der Waals surface area contributed by atoms with Crippen LogP contribution in [0.1, 0.15) is 26.3 Å². The molecule has 3 nitrogen and oxygen atoms in total. The highest BCUT2D eigenvalue weighted by Crippen LogP contribution is 2.21. The SMILES string of the molecule is CCn1cc(CC(C)C)c(OC(F)F)n1. The van der Waals surface area contributed by atoms with Gasteiger partial charge in [-0.15, -0.1) is 5.10 Å². The number of aryl methyl sites for hydroxylation is 1. The number of nitrogens with zero attached hydrogens (tertiary/aromatic N) is 2. The average Bonchev–Trinajstić information content (AvgIpc) is 2.46. The van der Waals surface area contributed by atoms with Crippen molar-refractivity contribution in [3.63, 3.8) is 0 Å². The number of hydrogen-bond acceptors (Lipinski definition) is 2. The van der Waals surface area contributed by atoms with E-state index in [4.69, 9.17) is 0 Å². The van der Waals surface area contributed by atoms with Crippen LogP contribution in [0.3, 0.4) is 0 Å². The molecule has 0 spiro atoms. The lowest BCUT2D eigenvalue weighted by atomic mass is 10.1. The van der Waals surface area contributed by atoms with Crippen molar-refractivity contribution < 1.29 is 13.5 Å². The summed E-state index contributed by atoms with van der Waals surface area (Å²) in [4.78, 5) is 0. The lowest BCUT2D eigenvalue weighted by Gasteiger charge is -2.05. The van der Waals surface area contributed by atoms with Crippen molar-refractivity contribution >= 4 is 0 Å². The zero-order valence-electron chi connectivity index (χ0n) is 9.20. The van der Waals surface area contributed by atoms with E-state index >= 15 is 0 Å². The monoisotopic (exact) mass is 218 g/mol. The second-order valence-corrected chi connectivity index (χ2v) is 3.79. The number of halogens is 2. The second kappa shape index (κ2) is 5.09. The molecule has 0 unspecified atom stereocenters. The Morgan fingerprint density at radius 2 is 2.13 bits per heavy atom. The third kappa shape index (κ3) is 3.49. The molecule has 0 aliphatic heterocycles. The second-order valence-electron chi connectivity index (χ2n) is 3.79. The Hall–Kier alpha value is -1.13. The summed E-state index contributed by atoms with van der Waals surface area (Å²) in [7, 11) is 0. The van der Waals surface area contributed by atoms with E-state index < -0.39 is 6.61 Å². The quantitative estimate of drug-likeness (QED) is 0.759. The van der Waals surface area contributed by atoms with Gasteiger partial charge in [0.1, 0.15) is 0 Å². The van der Waals surface area contributed by atoms with Gasteiger partial charge in [0.05, 0.1) is 0 Å². The maximum atomic E-state index is 12.1. The summed E-state index contributed by atoms with van der Waals surface area (Å²) >= 11 is 0. The highest BCUT2D eigenvalue weighted by Gasteiger charge is 2.15. The molecule has 0 N–H and O–H groups in total. The van der Waals surface area contributed by atoms with E-state index in [9.17, 15) is 8.78 Å². The van der Waals surface area contributed by atoms with E-state index in [1.54, 1.807) is 10.9 Å². The molecule has 0 bridgehead atoms. The zero-order chi connectivity index (χ0) is 11.4. The largest absolute Gasteiger partial charge is 0.415 e. The van der Waals surface area contributed by atoms with Gasteiger partial charge in [-0.05, 0) is 19.3 Å². The first-order valence-electron chi connectivity index (χ1n) is 5.04. The molecule has 0 amide bonds. The van der Waals surface area contributed by atoms with Crippen molar-refractivity contribution in [3.8, 4) is 5.88 Å². The highest BCUT2D eigenvalue weighted by molar-refractivity contribution is 5.23.